The van der Waals surface area contributed by atoms with Crippen molar-refractivity contribution in [2.24, 2.45) is 11.7 Å². The van der Waals surface area contributed by atoms with Crippen molar-refractivity contribution in [1.29, 1.82) is 0 Å². The number of piperidine rings is 1. The van der Waals surface area contributed by atoms with Gasteiger partial charge in [0.2, 0.25) is 0 Å². The Hall–Kier alpha value is -1.02. The molecule has 1 aliphatic rings. The van der Waals surface area contributed by atoms with Gasteiger partial charge in [-0.1, -0.05) is 18.2 Å². The monoisotopic (exact) mass is 246 g/mol. The maximum atomic E-state index is 5.97. The van der Waals surface area contributed by atoms with Gasteiger partial charge in [0.1, 0.15) is 0 Å². The summed E-state index contributed by atoms with van der Waals surface area (Å²) in [6.45, 7) is 11.0. The fourth-order valence-corrected chi connectivity index (χ4v) is 3.40. The van der Waals surface area contributed by atoms with Gasteiger partial charge >= 0.3 is 0 Å². The van der Waals surface area contributed by atoms with Crippen LogP contribution >= 0.6 is 0 Å². The first kappa shape index (κ1) is 13.4. The fraction of sp³-hybridized carbons (Fsp3) is 0.625. The first-order chi connectivity index (χ1) is 8.48. The van der Waals surface area contributed by atoms with Gasteiger partial charge in [0.15, 0.2) is 0 Å². The van der Waals surface area contributed by atoms with Crippen LogP contribution in [0.25, 0.3) is 0 Å². The van der Waals surface area contributed by atoms with Gasteiger partial charge in [-0.3, -0.25) is 0 Å². The maximum Gasteiger partial charge on any atom is 0.0430 e. The van der Waals surface area contributed by atoms with E-state index in [4.69, 9.17) is 5.73 Å². The Balaban J connectivity index is 2.43. The molecular formula is C16H26N2. The number of hydrogen-bond donors (Lipinski definition) is 1. The van der Waals surface area contributed by atoms with Gasteiger partial charge in [0.05, 0.1) is 0 Å². The molecule has 1 aromatic rings. The quantitative estimate of drug-likeness (QED) is 0.868. The molecule has 0 bridgehead atoms. The van der Waals surface area contributed by atoms with Gasteiger partial charge < -0.3 is 10.6 Å². The van der Waals surface area contributed by atoms with Crippen LogP contribution in [0.5, 0.6) is 0 Å². The van der Waals surface area contributed by atoms with E-state index in [-0.39, 0.29) is 5.54 Å². The summed E-state index contributed by atoms with van der Waals surface area (Å²) in [4.78, 5) is 2.58. The largest absolute Gasteiger partial charge is 0.366 e. The topological polar surface area (TPSA) is 29.3 Å². The summed E-state index contributed by atoms with van der Waals surface area (Å²) in [5.74, 6) is 0.588. The van der Waals surface area contributed by atoms with Crippen LogP contribution in [0.1, 0.15) is 37.8 Å². The van der Waals surface area contributed by atoms with Crippen molar-refractivity contribution < 1.29 is 0 Å². The maximum absolute atomic E-state index is 5.97. The fourth-order valence-electron chi connectivity index (χ4n) is 3.40. The van der Waals surface area contributed by atoms with Crippen LogP contribution in [0.4, 0.5) is 5.69 Å². The van der Waals surface area contributed by atoms with E-state index in [9.17, 15) is 0 Å². The summed E-state index contributed by atoms with van der Waals surface area (Å²) in [5.41, 5.74) is 10.3. The predicted molar refractivity (Wildman–Crippen MR) is 79.1 cm³/mol. The molecule has 2 N–H and O–H groups in total. The number of nitrogens with zero attached hydrogens (tertiary/aromatic N) is 1. The molecule has 1 aliphatic heterocycles. The van der Waals surface area contributed by atoms with Crippen molar-refractivity contribution in [3.63, 3.8) is 0 Å². The van der Waals surface area contributed by atoms with Crippen molar-refractivity contribution in [2.45, 2.75) is 46.1 Å². The predicted octanol–water partition coefficient (Wildman–Crippen LogP) is 3.26. The second-order valence-corrected chi connectivity index (χ2v) is 6.12. The Kier molecular flexibility index (Phi) is 3.67. The summed E-state index contributed by atoms with van der Waals surface area (Å²) in [6.07, 6.45) is 2.50. The Bertz CT molecular complexity index is 403. The van der Waals surface area contributed by atoms with Crippen LogP contribution in [-0.4, -0.2) is 18.6 Å². The summed E-state index contributed by atoms with van der Waals surface area (Å²) in [7, 11) is 0. The third-order valence-electron chi connectivity index (χ3n) is 4.62. The van der Waals surface area contributed by atoms with E-state index >= 15 is 0 Å². The van der Waals surface area contributed by atoms with Crippen LogP contribution in [0.3, 0.4) is 0 Å². The van der Waals surface area contributed by atoms with Crippen LogP contribution in [0.15, 0.2) is 18.2 Å². The lowest BCUT2D eigenvalue weighted by Crippen LogP contribution is -2.56. The second kappa shape index (κ2) is 4.93. The minimum absolute atomic E-state index is 0.157. The number of aryl methyl sites for hydroxylation is 2. The normalized spacial score (nSPS) is 23.2. The number of nitrogens with two attached hydrogens (primary N) is 1. The number of benzene rings is 1. The minimum Gasteiger partial charge on any atom is -0.366 e. The van der Waals surface area contributed by atoms with E-state index in [2.05, 4.69) is 50.8 Å². The molecule has 0 spiro atoms. The molecule has 100 valence electrons. The smallest absolute Gasteiger partial charge is 0.0430 e. The van der Waals surface area contributed by atoms with E-state index in [0.29, 0.717) is 5.92 Å². The second-order valence-electron chi connectivity index (χ2n) is 6.12. The molecule has 0 aromatic heterocycles. The lowest BCUT2D eigenvalue weighted by atomic mass is 9.78. The Morgan fingerprint density at radius 3 is 2.44 bits per heavy atom. The highest BCUT2D eigenvalue weighted by Gasteiger charge is 2.38. The van der Waals surface area contributed by atoms with E-state index in [0.717, 1.165) is 13.1 Å². The minimum atomic E-state index is 0.157. The van der Waals surface area contributed by atoms with Crippen molar-refractivity contribution in [3.8, 4) is 0 Å². The molecule has 2 heteroatoms. The van der Waals surface area contributed by atoms with E-state index < -0.39 is 0 Å². The standard InChI is InChI=1S/C16H26N2/c1-12-7-5-8-13(2)15(12)18-10-6-9-14(11-17)16(18,3)4/h5,7-8,14H,6,9-11,17H2,1-4H3. The number of anilines is 1. The molecule has 0 saturated carbocycles. The zero-order valence-corrected chi connectivity index (χ0v) is 12.2. The van der Waals surface area contributed by atoms with Crippen LogP contribution < -0.4 is 10.6 Å². The van der Waals surface area contributed by atoms with Crippen molar-refractivity contribution in [1.82, 2.24) is 0 Å². The molecule has 2 nitrogen and oxygen atoms in total. The molecule has 0 amide bonds. The average Bonchev–Trinajstić information content (AvgIpc) is 2.30. The molecule has 1 unspecified atom stereocenters. The SMILES string of the molecule is Cc1cccc(C)c1N1CCCC(CN)C1(C)C. The van der Waals surface area contributed by atoms with Crippen molar-refractivity contribution >= 4 is 5.69 Å². The average molecular weight is 246 g/mol. The number of hydrogen-bond acceptors (Lipinski definition) is 2. The summed E-state index contributed by atoms with van der Waals surface area (Å²) < 4.78 is 0. The molecule has 0 aliphatic carbocycles. The van der Waals surface area contributed by atoms with Gasteiger partial charge in [0, 0.05) is 17.8 Å². The number of rotatable bonds is 2. The zero-order chi connectivity index (χ0) is 13.3. The van der Waals surface area contributed by atoms with Crippen molar-refractivity contribution in [2.75, 3.05) is 18.0 Å². The molecule has 2 rings (SSSR count). The Morgan fingerprint density at radius 2 is 1.89 bits per heavy atom. The first-order valence-electron chi connectivity index (χ1n) is 7.02. The van der Waals surface area contributed by atoms with Crippen LogP contribution in [-0.2, 0) is 0 Å². The van der Waals surface area contributed by atoms with E-state index in [1.165, 1.54) is 29.7 Å². The number of para-hydroxylation sites is 1. The van der Waals surface area contributed by atoms with E-state index in [1.807, 2.05) is 0 Å². The first-order valence-corrected chi connectivity index (χ1v) is 7.02. The third-order valence-corrected chi connectivity index (χ3v) is 4.62. The molecule has 0 radical (unpaired) electrons. The molecule has 1 saturated heterocycles. The Morgan fingerprint density at radius 1 is 1.28 bits per heavy atom. The highest BCUT2D eigenvalue weighted by molar-refractivity contribution is 5.60. The van der Waals surface area contributed by atoms with Crippen LogP contribution in [0, 0.1) is 19.8 Å². The molecular weight excluding hydrogens is 220 g/mol. The Labute approximate surface area is 111 Å². The molecule has 1 fully saturated rings. The summed E-state index contributed by atoms with van der Waals surface area (Å²) >= 11 is 0. The highest BCUT2D eigenvalue weighted by Crippen LogP contribution is 2.39. The van der Waals surface area contributed by atoms with Gasteiger partial charge in [-0.05, 0) is 64.1 Å². The molecule has 1 atom stereocenters. The molecule has 1 aromatic carbocycles. The molecule has 1 heterocycles. The van der Waals surface area contributed by atoms with E-state index in [1.54, 1.807) is 0 Å². The summed E-state index contributed by atoms with van der Waals surface area (Å²) in [6, 6.07) is 6.57. The van der Waals surface area contributed by atoms with Gasteiger partial charge in [-0.15, -0.1) is 0 Å². The van der Waals surface area contributed by atoms with Gasteiger partial charge in [0.25, 0.3) is 0 Å². The highest BCUT2D eigenvalue weighted by atomic mass is 15.2. The van der Waals surface area contributed by atoms with Crippen molar-refractivity contribution in [3.05, 3.63) is 29.3 Å². The van der Waals surface area contributed by atoms with Gasteiger partial charge in [-0.25, -0.2) is 0 Å². The zero-order valence-electron chi connectivity index (χ0n) is 12.2. The molecule has 18 heavy (non-hydrogen) atoms. The lowest BCUT2D eigenvalue weighted by Gasteiger charge is -2.50. The third kappa shape index (κ3) is 2.14. The van der Waals surface area contributed by atoms with Gasteiger partial charge in [-0.2, -0.15) is 0 Å². The van der Waals surface area contributed by atoms with Crippen LogP contribution in [0.2, 0.25) is 0 Å². The summed E-state index contributed by atoms with van der Waals surface area (Å²) in [5, 5.41) is 0. The lowest BCUT2D eigenvalue weighted by molar-refractivity contribution is 0.244.